The van der Waals surface area contributed by atoms with Crippen LogP contribution >= 0.6 is 0 Å². The fraction of sp³-hybridized carbons (Fsp3) is 0.174. The zero-order chi connectivity index (χ0) is 30.9. The molecule has 3 aliphatic carbocycles. The Labute approximate surface area is 270 Å². The maximum absolute atomic E-state index is 2.58. The summed E-state index contributed by atoms with van der Waals surface area (Å²) in [7, 11) is 0. The largest absolute Gasteiger partial charge is 0.0760 e. The molecular weight excluding hydrogens is 553 g/mol. The first-order valence-corrected chi connectivity index (χ1v) is 16.8. The van der Waals surface area contributed by atoms with Gasteiger partial charge in [0, 0.05) is 5.41 Å². The fourth-order valence-electron chi connectivity index (χ4n) is 9.56. The van der Waals surface area contributed by atoms with Crippen LogP contribution in [-0.4, -0.2) is 0 Å². The quantitative estimate of drug-likeness (QED) is 0.176. The van der Waals surface area contributed by atoms with Gasteiger partial charge in [0.2, 0.25) is 0 Å². The van der Waals surface area contributed by atoms with Crippen LogP contribution < -0.4 is 10.4 Å². The van der Waals surface area contributed by atoms with Crippen molar-refractivity contribution in [2.24, 2.45) is 5.92 Å². The summed E-state index contributed by atoms with van der Waals surface area (Å²) in [6.07, 6.45) is 3.62. The molecule has 0 heteroatoms. The molecule has 0 aromatic heterocycles. The molecule has 220 valence electrons. The lowest BCUT2D eigenvalue weighted by molar-refractivity contribution is 0.419. The number of benzene rings is 7. The minimum absolute atomic E-state index is 0.0494. The summed E-state index contributed by atoms with van der Waals surface area (Å²) >= 11 is 0. The third-order valence-corrected chi connectivity index (χ3v) is 11.9. The van der Waals surface area contributed by atoms with E-state index >= 15 is 0 Å². The zero-order valence-electron chi connectivity index (χ0n) is 26.9. The van der Waals surface area contributed by atoms with Crippen molar-refractivity contribution in [2.45, 2.75) is 44.9 Å². The molecule has 0 amide bonds. The SMILES string of the molecule is CC1(C)c2cc(-c3c4ccccc4c(-c4ccc5ccccc5c4)c4ccccc34)cc3c2C2=c4c1cccc4=CCC2C3(C)C. The highest BCUT2D eigenvalue weighted by atomic mass is 14.5. The third kappa shape index (κ3) is 3.24. The predicted molar refractivity (Wildman–Crippen MR) is 196 cm³/mol. The highest BCUT2D eigenvalue weighted by molar-refractivity contribution is 6.22. The lowest BCUT2D eigenvalue weighted by Crippen LogP contribution is -2.44. The van der Waals surface area contributed by atoms with Gasteiger partial charge in [-0.1, -0.05) is 137 Å². The number of hydrogen-bond donors (Lipinski definition) is 0. The second-order valence-corrected chi connectivity index (χ2v) is 14.9. The summed E-state index contributed by atoms with van der Waals surface area (Å²) in [5.74, 6) is 0.505. The van der Waals surface area contributed by atoms with Gasteiger partial charge in [0.05, 0.1) is 0 Å². The molecule has 7 aromatic carbocycles. The van der Waals surface area contributed by atoms with E-state index in [1.807, 2.05) is 0 Å². The lowest BCUT2D eigenvalue weighted by Gasteiger charge is -2.36. The second kappa shape index (κ2) is 8.86. The van der Waals surface area contributed by atoms with Crippen LogP contribution in [0.3, 0.4) is 0 Å². The topological polar surface area (TPSA) is 0 Å². The van der Waals surface area contributed by atoms with Crippen LogP contribution in [-0.2, 0) is 10.8 Å². The summed E-state index contributed by atoms with van der Waals surface area (Å²) in [6.45, 7) is 9.89. The van der Waals surface area contributed by atoms with Crippen LogP contribution in [0.25, 0.3) is 66.2 Å². The minimum atomic E-state index is -0.0955. The molecule has 7 aromatic rings. The van der Waals surface area contributed by atoms with E-state index in [4.69, 9.17) is 0 Å². The maximum atomic E-state index is 2.58. The lowest BCUT2D eigenvalue weighted by atomic mass is 9.67. The van der Waals surface area contributed by atoms with E-state index in [0.717, 1.165) is 6.42 Å². The summed E-state index contributed by atoms with van der Waals surface area (Å²) in [4.78, 5) is 0. The van der Waals surface area contributed by atoms with Gasteiger partial charge in [-0.2, -0.15) is 0 Å². The Balaban J connectivity index is 1.33. The molecule has 46 heavy (non-hydrogen) atoms. The molecule has 10 rings (SSSR count). The van der Waals surface area contributed by atoms with Crippen LogP contribution in [0.5, 0.6) is 0 Å². The Morgan fingerprint density at radius 1 is 0.500 bits per heavy atom. The molecule has 0 fully saturated rings. The van der Waals surface area contributed by atoms with E-state index < -0.39 is 0 Å². The van der Waals surface area contributed by atoms with Crippen molar-refractivity contribution < 1.29 is 0 Å². The van der Waals surface area contributed by atoms with Gasteiger partial charge in [0.15, 0.2) is 0 Å². The molecule has 0 spiro atoms. The molecule has 0 nitrogen and oxygen atoms in total. The van der Waals surface area contributed by atoms with Crippen LogP contribution in [0.1, 0.15) is 56.4 Å². The molecule has 0 saturated carbocycles. The van der Waals surface area contributed by atoms with E-state index in [9.17, 15) is 0 Å². The number of hydrogen-bond acceptors (Lipinski definition) is 0. The number of fused-ring (bicyclic) bond motifs is 3. The van der Waals surface area contributed by atoms with Crippen LogP contribution in [0.4, 0.5) is 0 Å². The molecule has 0 saturated heterocycles. The second-order valence-electron chi connectivity index (χ2n) is 14.9. The highest BCUT2D eigenvalue weighted by Gasteiger charge is 2.49. The Kier molecular flexibility index (Phi) is 5.06. The van der Waals surface area contributed by atoms with Gasteiger partial charge >= 0.3 is 0 Å². The Morgan fingerprint density at radius 2 is 1.11 bits per heavy atom. The molecule has 0 bridgehead atoms. The van der Waals surface area contributed by atoms with Crippen molar-refractivity contribution in [3.8, 4) is 22.3 Å². The molecule has 0 heterocycles. The molecule has 0 aliphatic heterocycles. The summed E-state index contributed by atoms with van der Waals surface area (Å²) in [5, 5.41) is 10.8. The van der Waals surface area contributed by atoms with E-state index in [0.29, 0.717) is 5.92 Å². The average molecular weight is 589 g/mol. The van der Waals surface area contributed by atoms with Crippen molar-refractivity contribution in [1.82, 2.24) is 0 Å². The van der Waals surface area contributed by atoms with Gasteiger partial charge in [-0.15, -0.1) is 0 Å². The van der Waals surface area contributed by atoms with E-state index in [1.54, 1.807) is 5.57 Å². The van der Waals surface area contributed by atoms with Gasteiger partial charge in [-0.25, -0.2) is 0 Å². The van der Waals surface area contributed by atoms with Crippen molar-refractivity contribution in [3.05, 3.63) is 154 Å². The highest BCUT2D eigenvalue weighted by Crippen LogP contribution is 2.57. The van der Waals surface area contributed by atoms with Gasteiger partial charge in [-0.3, -0.25) is 0 Å². The zero-order valence-corrected chi connectivity index (χ0v) is 26.9. The van der Waals surface area contributed by atoms with Gasteiger partial charge in [-0.05, 0) is 129 Å². The Bertz CT molecular complexity index is 2550. The van der Waals surface area contributed by atoms with Gasteiger partial charge in [0.1, 0.15) is 0 Å². The first-order chi connectivity index (χ1) is 22.3. The third-order valence-electron chi connectivity index (χ3n) is 11.9. The Morgan fingerprint density at radius 3 is 1.80 bits per heavy atom. The molecule has 0 N–H and O–H groups in total. The minimum Gasteiger partial charge on any atom is -0.0760 e. The van der Waals surface area contributed by atoms with Crippen molar-refractivity contribution in [1.29, 1.82) is 0 Å². The van der Waals surface area contributed by atoms with E-state index in [2.05, 4.69) is 155 Å². The van der Waals surface area contributed by atoms with Gasteiger partial charge in [0.25, 0.3) is 0 Å². The molecular formula is C46H36. The summed E-state index contributed by atoms with van der Waals surface area (Å²) in [5.41, 5.74) is 12.9. The van der Waals surface area contributed by atoms with Crippen LogP contribution in [0.2, 0.25) is 0 Å². The molecule has 0 radical (unpaired) electrons. The summed E-state index contributed by atoms with van der Waals surface area (Å²) < 4.78 is 0. The average Bonchev–Trinajstić information content (AvgIpc) is 3.31. The first-order valence-electron chi connectivity index (χ1n) is 16.8. The van der Waals surface area contributed by atoms with Crippen LogP contribution in [0.15, 0.2) is 121 Å². The molecule has 3 aliphatic rings. The number of rotatable bonds is 2. The Hall–Kier alpha value is -4.94. The maximum Gasteiger partial charge on any atom is 0.0159 e. The smallest absolute Gasteiger partial charge is 0.0159 e. The van der Waals surface area contributed by atoms with Crippen LogP contribution in [0, 0.1) is 5.92 Å². The predicted octanol–water partition coefficient (Wildman–Crippen LogP) is 10.4. The molecule has 1 atom stereocenters. The fourth-order valence-corrected chi connectivity index (χ4v) is 9.56. The normalized spacial score (nSPS) is 18.2. The van der Waals surface area contributed by atoms with Gasteiger partial charge < -0.3 is 0 Å². The standard InChI is InChI=1S/C46H36/c1-45(2)36-19-11-14-28-22-23-37-44(42(28)36)43-38(45)25-31(26-39(43)46(37,3)4)41-34-17-9-7-15-32(34)40(33-16-8-10-18-35(33)41)30-21-20-27-12-5-6-13-29(27)24-30/h5-22,24-26,37H,23H2,1-4H3. The van der Waals surface area contributed by atoms with Crippen molar-refractivity contribution in [3.63, 3.8) is 0 Å². The first kappa shape index (κ1) is 26.3. The van der Waals surface area contributed by atoms with Crippen molar-refractivity contribution >= 4 is 44.0 Å². The monoisotopic (exact) mass is 588 g/mol. The van der Waals surface area contributed by atoms with Crippen molar-refractivity contribution in [2.75, 3.05) is 0 Å². The summed E-state index contributed by atoms with van der Waals surface area (Å²) in [6, 6.07) is 46.0. The van der Waals surface area contributed by atoms with E-state index in [-0.39, 0.29) is 10.8 Å². The van der Waals surface area contributed by atoms with E-state index in [1.165, 1.54) is 87.3 Å². The molecule has 1 unspecified atom stereocenters.